The van der Waals surface area contributed by atoms with Crippen molar-refractivity contribution < 1.29 is 4.79 Å². The molecule has 18 heavy (non-hydrogen) atoms. The van der Waals surface area contributed by atoms with E-state index in [0.717, 1.165) is 29.1 Å². The van der Waals surface area contributed by atoms with Crippen molar-refractivity contribution in [3.05, 3.63) is 47.5 Å². The Hall–Kier alpha value is -2.14. The molecule has 4 N–H and O–H groups in total. The van der Waals surface area contributed by atoms with Crippen LogP contribution in [-0.2, 0) is 11.2 Å². The molecule has 1 aliphatic heterocycles. The molecule has 0 bridgehead atoms. The summed E-state index contributed by atoms with van der Waals surface area (Å²) < 4.78 is 0. The fourth-order valence-corrected chi connectivity index (χ4v) is 2.20. The number of hydrogen-bond acceptors (Lipinski definition) is 3. The van der Waals surface area contributed by atoms with Crippen LogP contribution < -0.4 is 11.1 Å². The molecule has 1 atom stereocenters. The van der Waals surface area contributed by atoms with Crippen molar-refractivity contribution in [3.8, 4) is 0 Å². The topological polar surface area (TPSA) is 83.8 Å². The predicted octanol–water partition coefficient (Wildman–Crippen LogP) is 1.34. The zero-order valence-electron chi connectivity index (χ0n) is 9.81. The molecule has 5 heteroatoms. The molecule has 0 radical (unpaired) electrons. The van der Waals surface area contributed by atoms with Crippen LogP contribution in [0.25, 0.3) is 0 Å². The summed E-state index contributed by atoms with van der Waals surface area (Å²) in [7, 11) is 0. The number of rotatable bonds is 2. The standard InChI is InChI=1S/C13H14N4O/c14-12(13-15-5-6-16-13)9-1-3-10-8(7-9)2-4-11(18)17-10/h1,3,5-7,12H,2,4,14H2,(H,15,16)(H,17,18). The minimum atomic E-state index is -0.261. The summed E-state index contributed by atoms with van der Waals surface area (Å²) in [5, 5.41) is 2.86. The quantitative estimate of drug-likeness (QED) is 0.743. The molecule has 1 amide bonds. The van der Waals surface area contributed by atoms with Crippen LogP contribution in [0.3, 0.4) is 0 Å². The average Bonchev–Trinajstić information content (AvgIpc) is 2.91. The van der Waals surface area contributed by atoms with E-state index < -0.39 is 0 Å². The molecule has 1 unspecified atom stereocenters. The zero-order valence-corrected chi connectivity index (χ0v) is 9.81. The summed E-state index contributed by atoms with van der Waals surface area (Å²) >= 11 is 0. The monoisotopic (exact) mass is 242 g/mol. The molecular weight excluding hydrogens is 228 g/mol. The summed E-state index contributed by atoms with van der Waals surface area (Å²) in [5.74, 6) is 0.820. The van der Waals surface area contributed by atoms with Gasteiger partial charge in [0.25, 0.3) is 0 Å². The second kappa shape index (κ2) is 4.27. The van der Waals surface area contributed by atoms with Gasteiger partial charge in [-0.1, -0.05) is 12.1 Å². The van der Waals surface area contributed by atoms with Gasteiger partial charge in [0.15, 0.2) is 0 Å². The Morgan fingerprint density at radius 2 is 2.22 bits per heavy atom. The third kappa shape index (κ3) is 1.89. The number of nitrogens with zero attached hydrogens (tertiary/aromatic N) is 1. The van der Waals surface area contributed by atoms with E-state index in [1.165, 1.54) is 0 Å². The maximum atomic E-state index is 11.3. The lowest BCUT2D eigenvalue weighted by Gasteiger charge is -2.19. The number of aromatic amines is 1. The number of nitrogens with one attached hydrogen (secondary N) is 2. The number of aromatic nitrogens is 2. The third-order valence-electron chi connectivity index (χ3n) is 3.20. The Labute approximate surface area is 104 Å². The molecule has 0 saturated carbocycles. The molecule has 0 aliphatic carbocycles. The second-order valence-corrected chi connectivity index (χ2v) is 4.42. The van der Waals surface area contributed by atoms with Gasteiger partial charge >= 0.3 is 0 Å². The summed E-state index contributed by atoms with van der Waals surface area (Å²) in [6.45, 7) is 0. The number of fused-ring (bicyclic) bond motifs is 1. The van der Waals surface area contributed by atoms with Gasteiger partial charge in [-0.2, -0.15) is 0 Å². The first kappa shape index (κ1) is 11.0. The smallest absolute Gasteiger partial charge is 0.224 e. The van der Waals surface area contributed by atoms with Crippen molar-refractivity contribution in [2.24, 2.45) is 5.73 Å². The minimum absolute atomic E-state index is 0.0746. The number of carbonyl (C=O) groups is 1. The highest BCUT2D eigenvalue weighted by molar-refractivity contribution is 5.93. The number of aryl methyl sites for hydroxylation is 1. The Balaban J connectivity index is 1.93. The molecule has 1 aliphatic rings. The van der Waals surface area contributed by atoms with Crippen molar-refractivity contribution in [1.82, 2.24) is 9.97 Å². The third-order valence-corrected chi connectivity index (χ3v) is 3.20. The van der Waals surface area contributed by atoms with Crippen LogP contribution >= 0.6 is 0 Å². The van der Waals surface area contributed by atoms with Crippen molar-refractivity contribution in [3.63, 3.8) is 0 Å². The lowest BCUT2D eigenvalue weighted by atomic mass is 9.97. The van der Waals surface area contributed by atoms with Crippen LogP contribution in [0.1, 0.15) is 29.4 Å². The normalized spacial score (nSPS) is 15.9. The van der Waals surface area contributed by atoms with E-state index in [-0.39, 0.29) is 11.9 Å². The van der Waals surface area contributed by atoms with Gasteiger partial charge in [0.1, 0.15) is 5.82 Å². The van der Waals surface area contributed by atoms with Gasteiger partial charge in [-0.3, -0.25) is 4.79 Å². The van der Waals surface area contributed by atoms with Gasteiger partial charge in [0.2, 0.25) is 5.91 Å². The number of nitrogens with two attached hydrogens (primary N) is 1. The fourth-order valence-electron chi connectivity index (χ4n) is 2.20. The maximum absolute atomic E-state index is 11.3. The van der Waals surface area contributed by atoms with E-state index in [4.69, 9.17) is 5.73 Å². The van der Waals surface area contributed by atoms with E-state index in [2.05, 4.69) is 15.3 Å². The highest BCUT2D eigenvalue weighted by Crippen LogP contribution is 2.26. The molecule has 2 aromatic rings. The molecule has 3 rings (SSSR count). The van der Waals surface area contributed by atoms with E-state index >= 15 is 0 Å². The van der Waals surface area contributed by atoms with E-state index in [0.29, 0.717) is 6.42 Å². The summed E-state index contributed by atoms with van der Waals surface area (Å²) in [5.41, 5.74) is 9.16. The predicted molar refractivity (Wildman–Crippen MR) is 68.0 cm³/mol. The number of anilines is 1. The summed E-state index contributed by atoms with van der Waals surface area (Å²) in [4.78, 5) is 18.5. The number of amides is 1. The van der Waals surface area contributed by atoms with Crippen molar-refractivity contribution >= 4 is 11.6 Å². The zero-order chi connectivity index (χ0) is 12.5. The van der Waals surface area contributed by atoms with E-state index in [9.17, 15) is 4.79 Å². The van der Waals surface area contributed by atoms with Crippen LogP contribution in [0.4, 0.5) is 5.69 Å². The van der Waals surface area contributed by atoms with Crippen LogP contribution in [0, 0.1) is 0 Å². The van der Waals surface area contributed by atoms with Gasteiger partial charge in [-0.15, -0.1) is 0 Å². The van der Waals surface area contributed by atoms with Gasteiger partial charge in [-0.05, 0) is 23.6 Å². The lowest BCUT2D eigenvalue weighted by Crippen LogP contribution is -2.20. The molecule has 92 valence electrons. The highest BCUT2D eigenvalue weighted by Gasteiger charge is 2.17. The van der Waals surface area contributed by atoms with Crippen LogP contribution in [-0.4, -0.2) is 15.9 Å². The summed E-state index contributed by atoms with van der Waals surface area (Å²) in [6.07, 6.45) is 4.74. The molecule has 5 nitrogen and oxygen atoms in total. The van der Waals surface area contributed by atoms with Crippen LogP contribution in [0.5, 0.6) is 0 Å². The molecular formula is C13H14N4O. The maximum Gasteiger partial charge on any atom is 0.224 e. The second-order valence-electron chi connectivity index (χ2n) is 4.42. The van der Waals surface area contributed by atoms with Gasteiger partial charge in [0, 0.05) is 24.5 Å². The van der Waals surface area contributed by atoms with Crippen LogP contribution in [0.2, 0.25) is 0 Å². The van der Waals surface area contributed by atoms with Crippen LogP contribution in [0.15, 0.2) is 30.6 Å². The van der Waals surface area contributed by atoms with E-state index in [1.807, 2.05) is 18.2 Å². The highest BCUT2D eigenvalue weighted by atomic mass is 16.1. The fraction of sp³-hybridized carbons (Fsp3) is 0.231. The number of imidazole rings is 1. The molecule has 2 heterocycles. The molecule has 1 aromatic carbocycles. The summed E-state index contributed by atoms with van der Waals surface area (Å²) in [6, 6.07) is 5.62. The largest absolute Gasteiger partial charge is 0.347 e. The lowest BCUT2D eigenvalue weighted by molar-refractivity contribution is -0.116. The molecule has 0 saturated heterocycles. The Kier molecular flexibility index (Phi) is 2.60. The van der Waals surface area contributed by atoms with Crippen molar-refractivity contribution in [2.75, 3.05) is 5.32 Å². The molecule has 0 fully saturated rings. The molecule has 1 aromatic heterocycles. The number of carbonyl (C=O) groups excluding carboxylic acids is 1. The SMILES string of the molecule is NC(c1ccc2c(c1)CCC(=O)N2)c1ncc[nH]1. The van der Waals surface area contributed by atoms with Gasteiger partial charge < -0.3 is 16.0 Å². The van der Waals surface area contributed by atoms with Crippen molar-refractivity contribution in [1.29, 1.82) is 0 Å². The Bertz CT molecular complexity index is 577. The van der Waals surface area contributed by atoms with Gasteiger partial charge in [0.05, 0.1) is 6.04 Å². The first-order valence-electron chi connectivity index (χ1n) is 5.91. The number of benzene rings is 1. The Morgan fingerprint density at radius 3 is 3.00 bits per heavy atom. The van der Waals surface area contributed by atoms with Gasteiger partial charge in [-0.25, -0.2) is 4.98 Å². The minimum Gasteiger partial charge on any atom is -0.347 e. The average molecular weight is 242 g/mol. The molecule has 0 spiro atoms. The number of hydrogen-bond donors (Lipinski definition) is 3. The number of H-pyrrole nitrogens is 1. The van der Waals surface area contributed by atoms with Crippen molar-refractivity contribution in [2.45, 2.75) is 18.9 Å². The first-order valence-corrected chi connectivity index (χ1v) is 5.91. The first-order chi connectivity index (χ1) is 8.74. The Morgan fingerprint density at radius 1 is 1.33 bits per heavy atom. The van der Waals surface area contributed by atoms with E-state index in [1.54, 1.807) is 12.4 Å².